The average molecular weight is 230 g/mol. The number of rotatable bonds is 2. The van der Waals surface area contributed by atoms with Crippen LogP contribution in [0.3, 0.4) is 0 Å². The summed E-state index contributed by atoms with van der Waals surface area (Å²) in [6, 6.07) is 7.29. The number of Topliss-reactive ketones (excluding diaryl/α,β-unsaturated/α-hetero) is 1. The minimum absolute atomic E-state index is 0.292. The van der Waals surface area contributed by atoms with Gasteiger partial charge in [0.2, 0.25) is 0 Å². The molecule has 88 valence electrons. The summed E-state index contributed by atoms with van der Waals surface area (Å²) in [5.74, 6) is -0.0377. The van der Waals surface area contributed by atoms with Crippen LogP contribution >= 0.6 is 0 Å². The van der Waals surface area contributed by atoms with Gasteiger partial charge in [-0.2, -0.15) is 0 Å². The van der Waals surface area contributed by atoms with Crippen molar-refractivity contribution in [2.75, 3.05) is 7.11 Å². The molecule has 0 spiro atoms. The van der Waals surface area contributed by atoms with Crippen molar-refractivity contribution in [3.63, 3.8) is 0 Å². The molecule has 1 aliphatic carbocycles. The Morgan fingerprint density at radius 2 is 1.88 bits per heavy atom. The predicted molar refractivity (Wildman–Crippen MR) is 64.6 cm³/mol. The third-order valence-corrected chi connectivity index (χ3v) is 2.93. The van der Waals surface area contributed by atoms with Crippen LogP contribution in [0.2, 0.25) is 0 Å². The van der Waals surface area contributed by atoms with Gasteiger partial charge in [-0.15, -0.1) is 0 Å². The van der Waals surface area contributed by atoms with Gasteiger partial charge in [0.1, 0.15) is 5.78 Å². The predicted octanol–water partition coefficient (Wildman–Crippen LogP) is 2.61. The Morgan fingerprint density at radius 3 is 2.41 bits per heavy atom. The van der Waals surface area contributed by atoms with Crippen LogP contribution in [0.25, 0.3) is 5.57 Å². The number of methoxy groups -OCH3 is 1. The third kappa shape index (κ3) is 2.61. The zero-order chi connectivity index (χ0) is 12.3. The Labute approximate surface area is 100 Å². The van der Waals surface area contributed by atoms with Crippen LogP contribution in [0.1, 0.15) is 35.2 Å². The van der Waals surface area contributed by atoms with Crippen molar-refractivity contribution in [1.29, 1.82) is 0 Å². The lowest BCUT2D eigenvalue weighted by molar-refractivity contribution is -0.118. The largest absolute Gasteiger partial charge is 0.465 e. The summed E-state index contributed by atoms with van der Waals surface area (Å²) < 4.78 is 4.64. The fraction of sp³-hybridized carbons (Fsp3) is 0.286. The van der Waals surface area contributed by atoms with E-state index < -0.39 is 0 Å². The molecule has 0 heterocycles. The first-order chi connectivity index (χ1) is 8.20. The van der Waals surface area contributed by atoms with Crippen LogP contribution < -0.4 is 0 Å². The molecular formula is C14H14O3. The molecule has 0 N–H and O–H groups in total. The second-order valence-corrected chi connectivity index (χ2v) is 4.04. The number of hydrogen-bond acceptors (Lipinski definition) is 3. The second kappa shape index (κ2) is 4.95. The summed E-state index contributed by atoms with van der Waals surface area (Å²) in [6.45, 7) is 0. The first-order valence-corrected chi connectivity index (χ1v) is 5.60. The van der Waals surface area contributed by atoms with Gasteiger partial charge < -0.3 is 4.74 Å². The highest BCUT2D eigenvalue weighted by atomic mass is 16.5. The van der Waals surface area contributed by atoms with Crippen molar-refractivity contribution in [1.82, 2.24) is 0 Å². The number of benzene rings is 1. The number of ether oxygens (including phenoxy) is 1. The van der Waals surface area contributed by atoms with E-state index in [1.807, 2.05) is 18.2 Å². The molecule has 0 saturated heterocycles. The molecule has 3 heteroatoms. The van der Waals surface area contributed by atoms with Gasteiger partial charge in [0.15, 0.2) is 0 Å². The van der Waals surface area contributed by atoms with Gasteiger partial charge in [0, 0.05) is 12.8 Å². The van der Waals surface area contributed by atoms with E-state index in [4.69, 9.17) is 0 Å². The molecular weight excluding hydrogens is 216 g/mol. The molecule has 0 amide bonds. The molecule has 0 atom stereocenters. The molecule has 2 rings (SSSR count). The average Bonchev–Trinajstić information content (AvgIpc) is 2.39. The zero-order valence-corrected chi connectivity index (χ0v) is 9.73. The summed E-state index contributed by atoms with van der Waals surface area (Å²) in [5, 5.41) is 0. The van der Waals surface area contributed by atoms with Crippen molar-refractivity contribution in [3.05, 3.63) is 41.5 Å². The van der Waals surface area contributed by atoms with Crippen LogP contribution in [0.4, 0.5) is 0 Å². The SMILES string of the molecule is COC(=O)c1ccc(C2=CCC(=O)CC2)cc1. The standard InChI is InChI=1S/C14H14O3/c1-17-14(16)12-4-2-10(3-5-12)11-6-8-13(15)9-7-11/h2-6H,7-9H2,1H3. The number of carbonyl (C=O) groups excluding carboxylic acids is 2. The monoisotopic (exact) mass is 230 g/mol. The van der Waals surface area contributed by atoms with Crippen molar-refractivity contribution in [2.45, 2.75) is 19.3 Å². The fourth-order valence-corrected chi connectivity index (χ4v) is 1.92. The van der Waals surface area contributed by atoms with E-state index in [1.165, 1.54) is 12.7 Å². The van der Waals surface area contributed by atoms with E-state index >= 15 is 0 Å². The molecule has 1 aliphatic rings. The van der Waals surface area contributed by atoms with Gasteiger partial charge in [-0.1, -0.05) is 18.2 Å². The topological polar surface area (TPSA) is 43.4 Å². The molecule has 0 saturated carbocycles. The molecule has 17 heavy (non-hydrogen) atoms. The van der Waals surface area contributed by atoms with Gasteiger partial charge in [0.05, 0.1) is 12.7 Å². The first kappa shape index (κ1) is 11.6. The van der Waals surface area contributed by atoms with Crippen molar-refractivity contribution in [2.24, 2.45) is 0 Å². The zero-order valence-electron chi connectivity index (χ0n) is 9.73. The Balaban J connectivity index is 2.18. The highest BCUT2D eigenvalue weighted by Crippen LogP contribution is 2.25. The normalized spacial score (nSPS) is 15.4. The molecule has 1 aromatic carbocycles. The lowest BCUT2D eigenvalue weighted by atomic mass is 9.92. The van der Waals surface area contributed by atoms with Crippen LogP contribution in [0.15, 0.2) is 30.3 Å². The number of hydrogen-bond donors (Lipinski definition) is 0. The van der Waals surface area contributed by atoms with Crippen molar-refractivity contribution < 1.29 is 14.3 Å². The lowest BCUT2D eigenvalue weighted by Crippen LogP contribution is -2.04. The second-order valence-electron chi connectivity index (χ2n) is 4.04. The molecule has 0 fully saturated rings. The lowest BCUT2D eigenvalue weighted by Gasteiger charge is -2.12. The smallest absolute Gasteiger partial charge is 0.337 e. The number of esters is 1. The molecule has 1 aromatic rings. The van der Waals surface area contributed by atoms with E-state index in [0.29, 0.717) is 24.2 Å². The van der Waals surface area contributed by atoms with E-state index in [9.17, 15) is 9.59 Å². The molecule has 3 nitrogen and oxygen atoms in total. The molecule has 0 bridgehead atoms. The maximum absolute atomic E-state index is 11.3. The Morgan fingerprint density at radius 1 is 1.18 bits per heavy atom. The van der Waals surface area contributed by atoms with Gasteiger partial charge >= 0.3 is 5.97 Å². The van der Waals surface area contributed by atoms with Crippen molar-refractivity contribution in [3.8, 4) is 0 Å². The molecule has 0 radical (unpaired) electrons. The third-order valence-electron chi connectivity index (χ3n) is 2.93. The fourth-order valence-electron chi connectivity index (χ4n) is 1.92. The van der Waals surface area contributed by atoms with Crippen LogP contribution in [-0.2, 0) is 9.53 Å². The molecule has 0 aromatic heterocycles. The van der Waals surface area contributed by atoms with Gasteiger partial charge in [-0.3, -0.25) is 4.79 Å². The number of ketones is 1. The van der Waals surface area contributed by atoms with Crippen LogP contribution in [0.5, 0.6) is 0 Å². The summed E-state index contributed by atoms with van der Waals surface area (Å²) in [6.07, 6.45) is 3.90. The first-order valence-electron chi connectivity index (χ1n) is 5.60. The van der Waals surface area contributed by atoms with E-state index in [2.05, 4.69) is 4.74 Å². The van der Waals surface area contributed by atoms with E-state index in [0.717, 1.165) is 12.0 Å². The maximum atomic E-state index is 11.3. The highest BCUT2D eigenvalue weighted by Gasteiger charge is 2.12. The quantitative estimate of drug-likeness (QED) is 0.733. The highest BCUT2D eigenvalue weighted by molar-refractivity contribution is 5.90. The van der Waals surface area contributed by atoms with E-state index in [1.54, 1.807) is 12.1 Å². The van der Waals surface area contributed by atoms with Crippen LogP contribution in [-0.4, -0.2) is 18.9 Å². The summed E-state index contributed by atoms with van der Waals surface area (Å²) in [7, 11) is 1.37. The Hall–Kier alpha value is -1.90. The minimum atomic E-state index is -0.329. The summed E-state index contributed by atoms with van der Waals surface area (Å²) in [5.41, 5.74) is 2.80. The summed E-state index contributed by atoms with van der Waals surface area (Å²) in [4.78, 5) is 22.4. The molecule has 0 unspecified atom stereocenters. The minimum Gasteiger partial charge on any atom is -0.465 e. The van der Waals surface area contributed by atoms with Crippen LogP contribution in [0, 0.1) is 0 Å². The van der Waals surface area contributed by atoms with Crippen molar-refractivity contribution >= 4 is 17.3 Å². The molecule has 0 aliphatic heterocycles. The van der Waals surface area contributed by atoms with Gasteiger partial charge in [-0.25, -0.2) is 4.79 Å². The Kier molecular flexibility index (Phi) is 3.38. The van der Waals surface area contributed by atoms with E-state index in [-0.39, 0.29) is 5.97 Å². The number of carbonyl (C=O) groups is 2. The Bertz CT molecular complexity index is 469. The van der Waals surface area contributed by atoms with Gasteiger partial charge in [-0.05, 0) is 29.7 Å². The summed E-state index contributed by atoms with van der Waals surface area (Å²) >= 11 is 0. The maximum Gasteiger partial charge on any atom is 0.337 e. The number of allylic oxidation sites excluding steroid dienone is 2. The van der Waals surface area contributed by atoms with Gasteiger partial charge in [0.25, 0.3) is 0 Å².